The van der Waals surface area contributed by atoms with Gasteiger partial charge in [-0.25, -0.2) is 24.0 Å². The highest BCUT2D eigenvalue weighted by Gasteiger charge is 2.56. The monoisotopic (exact) mass is 936 g/mol. The summed E-state index contributed by atoms with van der Waals surface area (Å²) in [5.74, 6) is -28.2. The third kappa shape index (κ3) is 6.91. The van der Waals surface area contributed by atoms with Crippen LogP contribution in [0.5, 0.6) is 86.2 Å². The van der Waals surface area contributed by atoms with Crippen molar-refractivity contribution < 1.29 is 129 Å². The predicted molar refractivity (Wildman–Crippen MR) is 207 cm³/mol. The molecule has 0 radical (unpaired) electrons. The van der Waals surface area contributed by atoms with E-state index in [0.29, 0.717) is 36.4 Å². The second-order valence-electron chi connectivity index (χ2n) is 14.6. The molecule has 348 valence electrons. The molecule has 1 saturated heterocycles. The maximum Gasteiger partial charge on any atom is 0.340 e. The minimum atomic E-state index is -2.53. The van der Waals surface area contributed by atoms with Crippen LogP contribution in [0, 0.1) is 0 Å². The van der Waals surface area contributed by atoms with E-state index in [0.717, 1.165) is 0 Å². The lowest BCUT2D eigenvalue weighted by molar-refractivity contribution is -0.282. The number of phenols is 15. The lowest BCUT2D eigenvalue weighted by Gasteiger charge is -2.44. The fourth-order valence-electron chi connectivity index (χ4n) is 7.44. The highest BCUT2D eigenvalue weighted by atomic mass is 16.7. The van der Waals surface area contributed by atoms with E-state index in [-0.39, 0.29) is 0 Å². The minimum Gasteiger partial charge on any atom is -0.504 e. The van der Waals surface area contributed by atoms with E-state index in [1.165, 1.54) is 0 Å². The summed E-state index contributed by atoms with van der Waals surface area (Å²) in [5, 5.41) is 158. The summed E-state index contributed by atoms with van der Waals surface area (Å²) in [6, 6.07) is 2.84. The average Bonchev–Trinajstić information content (AvgIpc) is 3.29. The van der Waals surface area contributed by atoms with Crippen LogP contribution >= 0.6 is 0 Å². The number of aromatic hydroxyl groups is 15. The largest absolute Gasteiger partial charge is 0.504 e. The molecule has 5 aromatic carbocycles. The van der Waals surface area contributed by atoms with Gasteiger partial charge in [-0.05, 0) is 36.4 Å². The minimum absolute atomic E-state index is 0.408. The molecular formula is C41H28O26. The fourth-order valence-corrected chi connectivity index (χ4v) is 7.44. The molecule has 8 rings (SSSR count). The molecule has 5 atom stereocenters. The Balaban J connectivity index is 1.37. The van der Waals surface area contributed by atoms with Gasteiger partial charge in [-0.3, -0.25) is 0 Å². The van der Waals surface area contributed by atoms with Gasteiger partial charge in [0.15, 0.2) is 75.5 Å². The van der Waals surface area contributed by atoms with E-state index < -0.39 is 203 Å². The summed E-state index contributed by atoms with van der Waals surface area (Å²) in [4.78, 5) is 70.7. The van der Waals surface area contributed by atoms with Crippen molar-refractivity contribution in [3.05, 3.63) is 64.2 Å². The summed E-state index contributed by atoms with van der Waals surface area (Å²) in [5.41, 5.74) is -9.31. The number of cyclic esters (lactones) is 1. The Morgan fingerprint density at radius 2 is 0.746 bits per heavy atom. The molecule has 1 fully saturated rings. The van der Waals surface area contributed by atoms with E-state index in [2.05, 4.69) is 0 Å². The second kappa shape index (κ2) is 15.6. The van der Waals surface area contributed by atoms with Crippen LogP contribution in [0.3, 0.4) is 0 Å². The van der Waals surface area contributed by atoms with Gasteiger partial charge in [-0.2, -0.15) is 0 Å². The topological polar surface area (TPSA) is 444 Å². The third-order valence-corrected chi connectivity index (χ3v) is 10.6. The second-order valence-corrected chi connectivity index (χ2v) is 14.6. The predicted octanol–water partition coefficient (Wildman–Crippen LogP) is 1.65. The number of ether oxygens (including phenoxy) is 6. The lowest BCUT2D eigenvalue weighted by Crippen LogP contribution is -2.63. The van der Waals surface area contributed by atoms with E-state index in [4.69, 9.17) is 28.4 Å². The van der Waals surface area contributed by atoms with Gasteiger partial charge in [0.25, 0.3) is 0 Å². The Hall–Kier alpha value is -9.59. The molecule has 0 unspecified atom stereocenters. The van der Waals surface area contributed by atoms with E-state index in [9.17, 15) is 101 Å². The van der Waals surface area contributed by atoms with Crippen molar-refractivity contribution in [3.8, 4) is 108 Å². The van der Waals surface area contributed by atoms with Gasteiger partial charge in [0.05, 0.1) is 27.8 Å². The van der Waals surface area contributed by atoms with Crippen LogP contribution in [0.2, 0.25) is 0 Å². The quantitative estimate of drug-likeness (QED) is 0.0679. The van der Waals surface area contributed by atoms with Crippen LogP contribution in [0.4, 0.5) is 0 Å². The third-order valence-electron chi connectivity index (χ3n) is 10.6. The van der Waals surface area contributed by atoms with Gasteiger partial charge in [-0.1, -0.05) is 0 Å². The van der Waals surface area contributed by atoms with Gasteiger partial charge in [-0.15, -0.1) is 0 Å². The van der Waals surface area contributed by atoms with Gasteiger partial charge >= 0.3 is 29.8 Å². The molecule has 3 aliphatic rings. The average molecular weight is 937 g/mol. The zero-order valence-electron chi connectivity index (χ0n) is 32.8. The standard InChI is InChI=1S/C41H28O26/c42-13-1-8(2-14(43)24(13)48)36(57)67-41-35-34(65-39(60)11-5-17(46)27(51)31(55)22(11)23-12(40(61)66-35)6-18(47)28(52)32(23)56)33-19(63-41)7-62-37(58)9-3-15(44)25(49)29(53)20(9)21-10(38(59)64-33)4-16(45)26(50)30(21)54/h1-6,19,33-35,41-56H,7H2/t19-,33+,34+,35-,41+/m1/s1. The van der Waals surface area contributed by atoms with E-state index in [1.807, 2.05) is 0 Å². The van der Waals surface area contributed by atoms with Gasteiger partial charge in [0, 0.05) is 22.3 Å². The number of rotatable bonds is 2. The van der Waals surface area contributed by atoms with Crippen molar-refractivity contribution in [2.24, 2.45) is 0 Å². The lowest BCUT2D eigenvalue weighted by atomic mass is 9.91. The Bertz CT molecular complexity index is 3020. The smallest absolute Gasteiger partial charge is 0.340 e. The maximum atomic E-state index is 14.4. The van der Waals surface area contributed by atoms with Crippen molar-refractivity contribution in [1.29, 1.82) is 0 Å². The summed E-state index contributed by atoms with van der Waals surface area (Å²) in [6.45, 7) is -1.25. The molecule has 0 bridgehead atoms. The number of hydrogen-bond acceptors (Lipinski definition) is 26. The normalized spacial score (nSPS) is 20.0. The highest BCUT2D eigenvalue weighted by molar-refractivity contribution is 6.10. The number of carbonyl (C=O) groups excluding carboxylic acids is 5. The van der Waals surface area contributed by atoms with Crippen LogP contribution in [-0.4, -0.2) is 144 Å². The van der Waals surface area contributed by atoms with Gasteiger partial charge in [0.1, 0.15) is 12.7 Å². The van der Waals surface area contributed by atoms with Crippen molar-refractivity contribution in [2.45, 2.75) is 30.7 Å². The first-order valence-corrected chi connectivity index (χ1v) is 18.6. The molecule has 5 aromatic rings. The molecule has 0 amide bonds. The van der Waals surface area contributed by atoms with E-state index in [1.54, 1.807) is 0 Å². The number of carbonyl (C=O) groups is 5. The van der Waals surface area contributed by atoms with Crippen LogP contribution < -0.4 is 0 Å². The summed E-state index contributed by atoms with van der Waals surface area (Å²) in [7, 11) is 0. The number of fused-ring (bicyclic) bond motifs is 9. The Kier molecular flexibility index (Phi) is 10.2. The first-order chi connectivity index (χ1) is 31.5. The summed E-state index contributed by atoms with van der Waals surface area (Å²) in [6.07, 6.45) is -12.1. The van der Waals surface area contributed by atoms with Crippen LogP contribution in [0.15, 0.2) is 36.4 Å². The van der Waals surface area contributed by atoms with Gasteiger partial charge in [0.2, 0.25) is 35.4 Å². The Labute approximate surface area is 368 Å². The molecular weight excluding hydrogens is 908 g/mol. The number of benzene rings is 5. The highest BCUT2D eigenvalue weighted by Crippen LogP contribution is 2.55. The maximum absolute atomic E-state index is 14.4. The molecule has 3 heterocycles. The number of esters is 5. The molecule has 15 N–H and O–H groups in total. The van der Waals surface area contributed by atoms with Crippen molar-refractivity contribution in [2.75, 3.05) is 6.61 Å². The molecule has 26 heteroatoms. The first kappa shape index (κ1) is 44.0. The van der Waals surface area contributed by atoms with Crippen molar-refractivity contribution in [3.63, 3.8) is 0 Å². The summed E-state index contributed by atoms with van der Waals surface area (Å²) >= 11 is 0. The zero-order chi connectivity index (χ0) is 48.8. The Morgan fingerprint density at radius 1 is 0.418 bits per heavy atom. The van der Waals surface area contributed by atoms with Crippen molar-refractivity contribution in [1.82, 2.24) is 0 Å². The van der Waals surface area contributed by atoms with E-state index >= 15 is 0 Å². The van der Waals surface area contributed by atoms with Crippen LogP contribution in [0.25, 0.3) is 22.3 Å². The SMILES string of the molecule is O=C(O[C@@H]1O[C@@H]2COC(=O)c3cc(O)c(O)c(O)c3-c3c(cc(O)c(O)c3O)C(=O)O[C@@H]2[C@@H]2OC(=O)c3cc(O)c(O)c(O)c3-c3c(cc(O)c(O)c3O)C(=O)O[C@@H]12)c1cc(O)c(O)c(O)c1. The van der Waals surface area contributed by atoms with Gasteiger partial charge < -0.3 is 105 Å². The zero-order valence-corrected chi connectivity index (χ0v) is 32.8. The molecule has 0 aromatic heterocycles. The van der Waals surface area contributed by atoms with Crippen LogP contribution in [0.1, 0.15) is 51.8 Å². The van der Waals surface area contributed by atoms with Crippen LogP contribution in [-0.2, 0) is 28.4 Å². The Morgan fingerprint density at radius 3 is 1.13 bits per heavy atom. The molecule has 26 nitrogen and oxygen atoms in total. The van der Waals surface area contributed by atoms with Crippen molar-refractivity contribution >= 4 is 29.8 Å². The number of hydrogen-bond donors (Lipinski definition) is 15. The molecule has 67 heavy (non-hydrogen) atoms. The number of phenolic OH excluding ortho intramolecular Hbond substituents is 15. The molecule has 0 spiro atoms. The fraction of sp³-hybridized carbons (Fsp3) is 0.146. The summed E-state index contributed by atoms with van der Waals surface area (Å²) < 4.78 is 33.6. The molecule has 0 aliphatic carbocycles. The first-order valence-electron chi connectivity index (χ1n) is 18.6. The molecule has 3 aliphatic heterocycles. The molecule has 0 saturated carbocycles.